The Kier molecular flexibility index (Phi) is 8.08. The van der Waals surface area contributed by atoms with E-state index >= 15 is 0 Å². The molecule has 0 saturated heterocycles. The zero-order valence-electron chi connectivity index (χ0n) is 22.2. The van der Waals surface area contributed by atoms with Crippen LogP contribution in [0.4, 0.5) is 16.0 Å². The Hall–Kier alpha value is -3.96. The largest absolute Gasteiger partial charge is 0.485 e. The van der Waals surface area contributed by atoms with Crippen molar-refractivity contribution in [1.29, 1.82) is 0 Å². The fraction of sp³-hybridized carbons (Fsp3) is 0.286. The van der Waals surface area contributed by atoms with Gasteiger partial charge in [0, 0.05) is 29.0 Å². The fourth-order valence-electron chi connectivity index (χ4n) is 3.96. The molecule has 1 unspecified atom stereocenters. The molecule has 0 aliphatic rings. The van der Waals surface area contributed by atoms with Crippen LogP contribution in [0.3, 0.4) is 0 Å². The predicted octanol–water partition coefficient (Wildman–Crippen LogP) is 6.51. The van der Waals surface area contributed by atoms with E-state index in [4.69, 9.17) is 9.47 Å². The summed E-state index contributed by atoms with van der Waals surface area (Å²) in [5.74, 6) is 1.06. The van der Waals surface area contributed by atoms with Crippen molar-refractivity contribution in [2.24, 2.45) is 0 Å². The fourth-order valence-corrected chi connectivity index (χ4v) is 4.84. The van der Waals surface area contributed by atoms with Gasteiger partial charge in [-0.1, -0.05) is 30.3 Å². The van der Waals surface area contributed by atoms with Gasteiger partial charge in [0.1, 0.15) is 24.1 Å². The minimum atomic E-state index is -0.389. The highest BCUT2D eigenvalue weighted by Gasteiger charge is 2.20. The van der Waals surface area contributed by atoms with Crippen molar-refractivity contribution < 1.29 is 13.9 Å². The van der Waals surface area contributed by atoms with Gasteiger partial charge < -0.3 is 14.8 Å². The molecule has 0 aliphatic carbocycles. The Labute approximate surface area is 230 Å². The smallest absolute Gasteiger partial charge is 0.247 e. The van der Waals surface area contributed by atoms with Gasteiger partial charge in [-0.3, -0.25) is 0 Å². The minimum Gasteiger partial charge on any atom is -0.485 e. The highest BCUT2D eigenvalue weighted by Crippen LogP contribution is 2.33. The first kappa shape index (κ1) is 26.6. The van der Waals surface area contributed by atoms with Crippen molar-refractivity contribution in [3.05, 3.63) is 78.6 Å². The van der Waals surface area contributed by atoms with Crippen LogP contribution in [0.25, 0.3) is 16.9 Å². The number of hydrogen-bond acceptors (Lipinski definition) is 8. The van der Waals surface area contributed by atoms with E-state index in [0.29, 0.717) is 23.7 Å². The zero-order chi connectivity index (χ0) is 27.4. The maximum atomic E-state index is 15.0. The molecule has 0 radical (unpaired) electrons. The Morgan fingerprint density at radius 2 is 1.92 bits per heavy atom. The van der Waals surface area contributed by atoms with Crippen LogP contribution >= 0.6 is 11.8 Å². The number of nitrogens with zero attached hydrogens (tertiary/aromatic N) is 6. The Morgan fingerprint density at radius 1 is 1.10 bits per heavy atom. The summed E-state index contributed by atoms with van der Waals surface area (Å²) in [7, 11) is 0. The number of fused-ring (bicyclic) bond motifs is 1. The van der Waals surface area contributed by atoms with Crippen LogP contribution in [0.1, 0.15) is 39.5 Å². The Morgan fingerprint density at radius 3 is 2.67 bits per heavy atom. The summed E-state index contributed by atoms with van der Waals surface area (Å²) in [4.78, 5) is 10.0. The molecule has 3 heterocycles. The second kappa shape index (κ2) is 11.8. The third-order valence-corrected chi connectivity index (χ3v) is 6.85. The van der Waals surface area contributed by atoms with Crippen molar-refractivity contribution in [3.63, 3.8) is 0 Å². The first-order valence-corrected chi connectivity index (χ1v) is 13.7. The molecule has 2 aromatic carbocycles. The van der Waals surface area contributed by atoms with Crippen LogP contribution in [-0.4, -0.2) is 42.1 Å². The number of thioether (sulfide) groups is 1. The van der Waals surface area contributed by atoms with Crippen LogP contribution in [0, 0.1) is 5.82 Å². The maximum Gasteiger partial charge on any atom is 0.247 e. The molecule has 1 N–H and O–H groups in total. The van der Waals surface area contributed by atoms with Crippen LogP contribution in [0.15, 0.2) is 72.1 Å². The molecule has 0 bridgehead atoms. The van der Waals surface area contributed by atoms with Crippen molar-refractivity contribution in [2.75, 3.05) is 11.9 Å². The predicted molar refractivity (Wildman–Crippen MR) is 150 cm³/mol. The molecule has 5 aromatic rings. The average molecular weight is 548 g/mol. The maximum absolute atomic E-state index is 15.0. The first-order valence-electron chi connectivity index (χ1n) is 12.7. The quantitative estimate of drug-likeness (QED) is 0.187. The van der Waals surface area contributed by atoms with Gasteiger partial charge in [0.05, 0.1) is 18.0 Å². The van der Waals surface area contributed by atoms with Crippen LogP contribution < -0.4 is 10.1 Å². The molecule has 0 aliphatic heterocycles. The van der Waals surface area contributed by atoms with Gasteiger partial charge in [0.2, 0.25) is 11.6 Å². The lowest BCUT2D eigenvalue weighted by molar-refractivity contribution is 0.0160. The van der Waals surface area contributed by atoms with E-state index in [1.165, 1.54) is 16.1 Å². The summed E-state index contributed by atoms with van der Waals surface area (Å²) in [6.07, 6.45) is 4.77. The topological polar surface area (TPSA) is 91.4 Å². The number of aromatic nitrogens is 6. The summed E-state index contributed by atoms with van der Waals surface area (Å²) in [5, 5.41) is 11.9. The number of ether oxygens (including phenoxy) is 2. The number of nitrogens with one attached hydrogen (secondary N) is 1. The van der Waals surface area contributed by atoms with Gasteiger partial charge in [-0.2, -0.15) is 14.6 Å². The summed E-state index contributed by atoms with van der Waals surface area (Å²) >= 11 is 1.58. The second-order valence-corrected chi connectivity index (χ2v) is 10.1. The standard InChI is InChI=1S/C28H30FN7O2S/c1-5-37-19(4)35-15-21(14-31-35)25-26(38-18(2)3)27-33-28(34-36(27)17-30-25)32-24-12-11-22(13-23(24)29)39-16-20-9-7-6-8-10-20/h6-15,17-19H,5,16H2,1-4H3,(H,32,34). The van der Waals surface area contributed by atoms with Crippen molar-refractivity contribution in [2.45, 2.75) is 50.7 Å². The SMILES string of the molecule is CCOC(C)n1cc(-c2ncn3nc(Nc4ccc(SCc5ccccc5)cc4F)nc3c2OC(C)C)cn1. The normalized spacial score (nSPS) is 12.3. The zero-order valence-corrected chi connectivity index (χ0v) is 23.0. The van der Waals surface area contributed by atoms with E-state index in [2.05, 4.69) is 37.6 Å². The lowest BCUT2D eigenvalue weighted by atomic mass is 10.2. The molecule has 1 atom stereocenters. The molecule has 5 rings (SSSR count). The molecule has 39 heavy (non-hydrogen) atoms. The molecule has 11 heteroatoms. The highest BCUT2D eigenvalue weighted by atomic mass is 32.2. The van der Waals surface area contributed by atoms with Gasteiger partial charge >= 0.3 is 0 Å². The number of anilines is 2. The molecule has 0 fully saturated rings. The van der Waals surface area contributed by atoms with E-state index in [9.17, 15) is 4.39 Å². The third kappa shape index (κ3) is 6.21. The Balaban J connectivity index is 1.39. The van der Waals surface area contributed by atoms with E-state index in [1.807, 2.05) is 58.2 Å². The Bertz CT molecular complexity index is 1550. The van der Waals surface area contributed by atoms with E-state index in [1.54, 1.807) is 35.0 Å². The summed E-state index contributed by atoms with van der Waals surface area (Å²) in [6.45, 7) is 8.29. The molecule has 0 amide bonds. The molecule has 0 spiro atoms. The highest BCUT2D eigenvalue weighted by molar-refractivity contribution is 7.98. The summed E-state index contributed by atoms with van der Waals surface area (Å²) < 4.78 is 30.0. The number of halogens is 1. The van der Waals surface area contributed by atoms with Gasteiger partial charge in [0.15, 0.2) is 5.75 Å². The van der Waals surface area contributed by atoms with E-state index < -0.39 is 0 Å². The van der Waals surface area contributed by atoms with E-state index in [-0.39, 0.29) is 29.8 Å². The first-order chi connectivity index (χ1) is 18.9. The van der Waals surface area contributed by atoms with Crippen molar-refractivity contribution in [3.8, 4) is 17.0 Å². The summed E-state index contributed by atoms with van der Waals surface area (Å²) in [5.41, 5.74) is 3.25. The minimum absolute atomic E-state index is 0.138. The van der Waals surface area contributed by atoms with Crippen LogP contribution in [-0.2, 0) is 10.5 Å². The lowest BCUT2D eigenvalue weighted by Gasteiger charge is -2.13. The summed E-state index contributed by atoms with van der Waals surface area (Å²) in [6, 6.07) is 15.2. The number of hydrogen-bond donors (Lipinski definition) is 1. The molecule has 202 valence electrons. The molecule has 0 saturated carbocycles. The van der Waals surface area contributed by atoms with E-state index in [0.717, 1.165) is 16.2 Å². The van der Waals surface area contributed by atoms with Crippen molar-refractivity contribution >= 4 is 29.0 Å². The van der Waals surface area contributed by atoms with Crippen molar-refractivity contribution in [1.82, 2.24) is 29.4 Å². The van der Waals surface area contributed by atoms with Crippen LogP contribution in [0.2, 0.25) is 0 Å². The molecular weight excluding hydrogens is 517 g/mol. The molecule has 9 nitrogen and oxygen atoms in total. The third-order valence-electron chi connectivity index (χ3n) is 5.79. The number of rotatable bonds is 11. The monoisotopic (exact) mass is 547 g/mol. The van der Waals surface area contributed by atoms with Gasteiger partial charge in [-0.25, -0.2) is 14.1 Å². The number of benzene rings is 2. The van der Waals surface area contributed by atoms with Gasteiger partial charge in [0.25, 0.3) is 0 Å². The molecule has 3 aromatic heterocycles. The van der Waals surface area contributed by atoms with Crippen LogP contribution in [0.5, 0.6) is 5.75 Å². The van der Waals surface area contributed by atoms with Gasteiger partial charge in [-0.15, -0.1) is 16.9 Å². The van der Waals surface area contributed by atoms with Gasteiger partial charge in [-0.05, 0) is 51.5 Å². The lowest BCUT2D eigenvalue weighted by Crippen LogP contribution is -2.10. The average Bonchev–Trinajstić information content (AvgIpc) is 3.57. The second-order valence-electron chi connectivity index (χ2n) is 9.10. The molecular formula is C28H30FN7O2S.